The van der Waals surface area contributed by atoms with Gasteiger partial charge in [-0.2, -0.15) is 0 Å². The zero-order chi connectivity index (χ0) is 18.0. The van der Waals surface area contributed by atoms with Crippen LogP contribution < -0.4 is 4.72 Å². The van der Waals surface area contributed by atoms with Crippen molar-refractivity contribution in [1.82, 2.24) is 9.97 Å². The molecule has 0 saturated heterocycles. The maximum absolute atomic E-state index is 11.7. The number of aromatic nitrogens is 2. The molecule has 0 aliphatic carbocycles. The average Bonchev–Trinajstić information content (AvgIpc) is 2.96. The molecule has 7 nitrogen and oxygen atoms in total. The third-order valence-electron chi connectivity index (χ3n) is 3.51. The SMILES string of the molecule is CS(=O)(=O)Nc1ccnc2[nH]cc(C=C(C(=O)O)c3ccccc3)c12. The molecular weight excluding hydrogens is 342 g/mol. The van der Waals surface area contributed by atoms with Crippen molar-refractivity contribution in [2.45, 2.75) is 0 Å². The van der Waals surface area contributed by atoms with Crippen molar-refractivity contribution in [3.05, 3.63) is 59.9 Å². The van der Waals surface area contributed by atoms with E-state index in [-0.39, 0.29) is 5.57 Å². The molecule has 0 saturated carbocycles. The molecule has 0 aliphatic heterocycles. The van der Waals surface area contributed by atoms with Crippen LogP contribution in [0.2, 0.25) is 0 Å². The van der Waals surface area contributed by atoms with E-state index in [1.54, 1.807) is 36.5 Å². The first kappa shape index (κ1) is 16.7. The summed E-state index contributed by atoms with van der Waals surface area (Å²) >= 11 is 0. The highest BCUT2D eigenvalue weighted by molar-refractivity contribution is 7.92. The number of fused-ring (bicyclic) bond motifs is 1. The van der Waals surface area contributed by atoms with Gasteiger partial charge in [-0.3, -0.25) is 4.72 Å². The van der Waals surface area contributed by atoms with E-state index in [2.05, 4.69) is 14.7 Å². The number of H-pyrrole nitrogens is 1. The topological polar surface area (TPSA) is 112 Å². The van der Waals surface area contributed by atoms with Gasteiger partial charge in [-0.1, -0.05) is 30.3 Å². The Bertz CT molecular complexity index is 1070. The van der Waals surface area contributed by atoms with Crippen LogP contribution in [0.3, 0.4) is 0 Å². The van der Waals surface area contributed by atoms with Gasteiger partial charge in [0.25, 0.3) is 0 Å². The molecule has 3 rings (SSSR count). The lowest BCUT2D eigenvalue weighted by atomic mass is 10.0. The molecule has 25 heavy (non-hydrogen) atoms. The smallest absolute Gasteiger partial charge is 0.336 e. The van der Waals surface area contributed by atoms with Crippen molar-refractivity contribution in [3.8, 4) is 0 Å². The molecule has 3 N–H and O–H groups in total. The van der Waals surface area contributed by atoms with Crippen LogP contribution >= 0.6 is 0 Å². The molecule has 2 heterocycles. The molecule has 0 unspecified atom stereocenters. The third kappa shape index (κ3) is 3.69. The fourth-order valence-electron chi connectivity index (χ4n) is 2.52. The van der Waals surface area contributed by atoms with Gasteiger partial charge in [-0.15, -0.1) is 0 Å². The van der Waals surface area contributed by atoms with Crippen LogP contribution in [0.4, 0.5) is 5.69 Å². The number of aromatic amines is 1. The minimum Gasteiger partial charge on any atom is -0.478 e. The summed E-state index contributed by atoms with van der Waals surface area (Å²) in [5.74, 6) is -1.08. The van der Waals surface area contributed by atoms with Crippen molar-refractivity contribution in [2.24, 2.45) is 0 Å². The lowest BCUT2D eigenvalue weighted by molar-refractivity contribution is -0.130. The Morgan fingerprint density at radius 2 is 1.96 bits per heavy atom. The van der Waals surface area contributed by atoms with Gasteiger partial charge in [0.15, 0.2) is 0 Å². The van der Waals surface area contributed by atoms with E-state index in [0.29, 0.717) is 27.8 Å². The number of nitrogens with one attached hydrogen (secondary N) is 2. The molecule has 0 fully saturated rings. The minimum absolute atomic E-state index is 0.0932. The number of rotatable bonds is 5. The summed E-state index contributed by atoms with van der Waals surface area (Å²) < 4.78 is 25.6. The Hall–Kier alpha value is -3.13. The third-order valence-corrected chi connectivity index (χ3v) is 4.11. The maximum Gasteiger partial charge on any atom is 0.336 e. The van der Waals surface area contributed by atoms with E-state index < -0.39 is 16.0 Å². The van der Waals surface area contributed by atoms with Crippen LogP contribution in [-0.2, 0) is 14.8 Å². The maximum atomic E-state index is 11.7. The molecule has 3 aromatic rings. The number of anilines is 1. The molecule has 0 bridgehead atoms. The minimum atomic E-state index is -3.49. The number of carboxylic acid groups (broad SMARTS) is 1. The number of carbonyl (C=O) groups is 1. The van der Waals surface area contributed by atoms with Gasteiger partial charge in [0.1, 0.15) is 5.65 Å². The number of benzene rings is 1. The van der Waals surface area contributed by atoms with E-state index in [4.69, 9.17) is 0 Å². The van der Waals surface area contributed by atoms with Gasteiger partial charge in [0.05, 0.1) is 22.9 Å². The number of carboxylic acids is 1. The monoisotopic (exact) mass is 357 g/mol. The first-order valence-corrected chi connectivity index (χ1v) is 9.18. The van der Waals surface area contributed by atoms with Crippen molar-refractivity contribution in [3.63, 3.8) is 0 Å². The summed E-state index contributed by atoms with van der Waals surface area (Å²) in [6.07, 6.45) is 5.60. The second-order valence-electron chi connectivity index (χ2n) is 5.43. The number of pyridine rings is 1. The summed E-state index contributed by atoms with van der Waals surface area (Å²) in [6.45, 7) is 0. The van der Waals surface area contributed by atoms with Gasteiger partial charge in [-0.25, -0.2) is 18.2 Å². The van der Waals surface area contributed by atoms with Gasteiger partial charge in [-0.05, 0) is 17.7 Å². The normalized spacial score (nSPS) is 12.3. The van der Waals surface area contributed by atoms with Gasteiger partial charge in [0.2, 0.25) is 10.0 Å². The number of aliphatic carboxylic acids is 1. The quantitative estimate of drug-likeness (QED) is 0.608. The Balaban J connectivity index is 2.20. The first-order valence-electron chi connectivity index (χ1n) is 7.29. The summed E-state index contributed by atoms with van der Waals surface area (Å²) in [5, 5.41) is 10.1. The van der Waals surface area contributed by atoms with Crippen LogP contribution in [-0.4, -0.2) is 35.7 Å². The zero-order valence-corrected chi connectivity index (χ0v) is 14.0. The van der Waals surface area contributed by atoms with E-state index in [1.807, 2.05) is 0 Å². The van der Waals surface area contributed by atoms with Crippen molar-refractivity contribution in [2.75, 3.05) is 11.0 Å². The molecule has 0 spiro atoms. The largest absolute Gasteiger partial charge is 0.478 e. The predicted octanol–water partition coefficient (Wildman–Crippen LogP) is 2.56. The first-order chi connectivity index (χ1) is 11.8. The summed E-state index contributed by atoms with van der Waals surface area (Å²) in [7, 11) is -3.49. The molecule has 1 aromatic carbocycles. The average molecular weight is 357 g/mol. The highest BCUT2D eigenvalue weighted by Gasteiger charge is 2.15. The number of hydrogen-bond acceptors (Lipinski definition) is 4. The van der Waals surface area contributed by atoms with Crippen molar-refractivity contribution < 1.29 is 18.3 Å². The standard InChI is InChI=1S/C17H15N3O4S/c1-25(23,24)20-14-7-8-18-16-15(14)12(10-19-16)9-13(17(21)22)11-5-3-2-4-6-11/h2-10H,1H3,(H,21,22)(H2,18,19,20). The summed E-state index contributed by atoms with van der Waals surface area (Å²) in [5.41, 5.74) is 1.95. The molecule has 0 radical (unpaired) electrons. The number of hydrogen-bond donors (Lipinski definition) is 3. The van der Waals surface area contributed by atoms with Gasteiger partial charge >= 0.3 is 5.97 Å². The lowest BCUT2D eigenvalue weighted by Gasteiger charge is -2.07. The molecule has 0 aliphatic rings. The fraction of sp³-hybridized carbons (Fsp3) is 0.0588. The summed E-state index contributed by atoms with van der Waals surface area (Å²) in [6, 6.07) is 10.2. The molecule has 0 atom stereocenters. The second kappa shape index (κ2) is 6.40. The highest BCUT2D eigenvalue weighted by Crippen LogP contribution is 2.29. The van der Waals surface area contributed by atoms with E-state index >= 15 is 0 Å². The Morgan fingerprint density at radius 1 is 1.24 bits per heavy atom. The fourth-order valence-corrected chi connectivity index (χ4v) is 3.09. The molecular formula is C17H15N3O4S. The highest BCUT2D eigenvalue weighted by atomic mass is 32.2. The van der Waals surface area contributed by atoms with Crippen molar-refractivity contribution >= 4 is 44.4 Å². The summed E-state index contributed by atoms with van der Waals surface area (Å²) in [4.78, 5) is 18.7. The zero-order valence-electron chi connectivity index (χ0n) is 13.2. The van der Waals surface area contributed by atoms with Crippen LogP contribution in [0.1, 0.15) is 11.1 Å². The van der Waals surface area contributed by atoms with E-state index in [0.717, 1.165) is 6.26 Å². The molecule has 8 heteroatoms. The Morgan fingerprint density at radius 3 is 2.60 bits per heavy atom. The molecule has 0 amide bonds. The van der Waals surface area contributed by atoms with Gasteiger partial charge in [0, 0.05) is 18.0 Å². The Labute approximate surface area is 144 Å². The van der Waals surface area contributed by atoms with Crippen molar-refractivity contribution in [1.29, 1.82) is 0 Å². The predicted molar refractivity (Wildman–Crippen MR) is 96.5 cm³/mol. The van der Waals surface area contributed by atoms with Crippen LogP contribution in [0, 0.1) is 0 Å². The molecule has 128 valence electrons. The van der Waals surface area contributed by atoms with E-state index in [9.17, 15) is 18.3 Å². The lowest BCUT2D eigenvalue weighted by Crippen LogP contribution is -2.10. The van der Waals surface area contributed by atoms with Gasteiger partial charge < -0.3 is 10.1 Å². The van der Waals surface area contributed by atoms with E-state index in [1.165, 1.54) is 18.3 Å². The Kier molecular flexibility index (Phi) is 4.28. The molecule has 2 aromatic heterocycles. The van der Waals surface area contributed by atoms with Crippen LogP contribution in [0.5, 0.6) is 0 Å². The number of nitrogens with zero attached hydrogens (tertiary/aromatic N) is 1. The van der Waals surface area contributed by atoms with Crippen LogP contribution in [0.25, 0.3) is 22.7 Å². The number of sulfonamides is 1. The second-order valence-corrected chi connectivity index (χ2v) is 7.18. The van der Waals surface area contributed by atoms with Crippen LogP contribution in [0.15, 0.2) is 48.8 Å².